The van der Waals surface area contributed by atoms with Gasteiger partial charge in [0.15, 0.2) is 0 Å². The summed E-state index contributed by atoms with van der Waals surface area (Å²) in [5.74, 6) is 0. The minimum absolute atomic E-state index is 0.911. The molecule has 0 atom stereocenters. The Balaban J connectivity index is 2.61. The Morgan fingerprint density at radius 3 is 3.17 bits per heavy atom. The molecule has 3 rings (SSSR count). The van der Waals surface area contributed by atoms with Gasteiger partial charge < -0.3 is 9.40 Å². The van der Waals surface area contributed by atoms with Gasteiger partial charge in [-0.1, -0.05) is 12.1 Å². The zero-order valence-electron chi connectivity index (χ0n) is 6.37. The molecule has 0 fully saturated rings. The average Bonchev–Trinajstić information content (AvgIpc) is 2.71. The van der Waals surface area contributed by atoms with Crippen LogP contribution < -0.4 is 0 Å². The fraction of sp³-hybridized carbons (Fsp3) is 0. The van der Waals surface area contributed by atoms with Crippen LogP contribution in [0.15, 0.2) is 41.1 Å². The first kappa shape index (κ1) is 5.89. The molecule has 0 spiro atoms. The minimum atomic E-state index is 0.911. The van der Waals surface area contributed by atoms with Crippen molar-refractivity contribution in [1.29, 1.82) is 0 Å². The number of pyridine rings is 1. The number of furan rings is 1. The topological polar surface area (TPSA) is 28.9 Å². The van der Waals surface area contributed by atoms with E-state index in [2.05, 4.69) is 17.1 Å². The lowest BCUT2D eigenvalue weighted by atomic mass is 10.1. The van der Waals surface area contributed by atoms with E-state index in [1.807, 2.05) is 18.3 Å². The van der Waals surface area contributed by atoms with Crippen molar-refractivity contribution in [3.05, 3.63) is 36.7 Å². The van der Waals surface area contributed by atoms with E-state index < -0.39 is 0 Å². The Labute approximate surface area is 69.2 Å². The van der Waals surface area contributed by atoms with Crippen LogP contribution in [0, 0.1) is 0 Å². The summed E-state index contributed by atoms with van der Waals surface area (Å²) in [6.45, 7) is 0. The summed E-state index contributed by atoms with van der Waals surface area (Å²) in [5.41, 5.74) is 3.29. The Bertz CT molecular complexity index is 491. The van der Waals surface area contributed by atoms with E-state index in [0.717, 1.165) is 11.3 Å². The smallest absolute Gasteiger partial charge is 0.150 e. The summed E-state index contributed by atoms with van der Waals surface area (Å²) in [6.07, 6.45) is 3.60. The molecule has 0 saturated heterocycles. The molecule has 1 aromatic rings. The predicted molar refractivity (Wildman–Crippen MR) is 47.2 cm³/mol. The zero-order valence-corrected chi connectivity index (χ0v) is 6.37. The van der Waals surface area contributed by atoms with Crippen molar-refractivity contribution in [3.8, 4) is 11.3 Å². The van der Waals surface area contributed by atoms with E-state index in [1.165, 1.54) is 10.9 Å². The molecule has 0 radical (unpaired) electrons. The van der Waals surface area contributed by atoms with Gasteiger partial charge in [-0.3, -0.25) is 0 Å². The van der Waals surface area contributed by atoms with Crippen LogP contribution in [-0.2, 0) is 0 Å². The molecule has 2 nitrogen and oxygen atoms in total. The fourth-order valence-electron chi connectivity index (χ4n) is 1.58. The summed E-state index contributed by atoms with van der Waals surface area (Å²) in [4.78, 5) is 3.17. The number of fused-ring (bicyclic) bond motifs is 3. The fourth-order valence-corrected chi connectivity index (χ4v) is 1.58. The highest BCUT2D eigenvalue weighted by molar-refractivity contribution is 5.93. The summed E-state index contributed by atoms with van der Waals surface area (Å²) in [5, 5.41) is 1.17. The molecule has 2 heterocycles. The first-order chi connectivity index (χ1) is 5.95. The highest BCUT2D eigenvalue weighted by atomic mass is 16.3. The molecular formula is C10H7NO. The van der Waals surface area contributed by atoms with Crippen LogP contribution in [-0.4, -0.2) is 4.98 Å². The van der Waals surface area contributed by atoms with Crippen molar-refractivity contribution in [3.63, 3.8) is 0 Å². The maximum Gasteiger partial charge on any atom is 0.150 e. The highest BCUT2D eigenvalue weighted by Crippen LogP contribution is 2.29. The normalized spacial score (nSPS) is 11.3. The monoisotopic (exact) mass is 157 g/mol. The highest BCUT2D eigenvalue weighted by Gasteiger charge is 2.07. The molecule has 0 bridgehead atoms. The van der Waals surface area contributed by atoms with Crippen LogP contribution in [0.3, 0.4) is 0 Å². The Hall–Kier alpha value is -1.70. The second kappa shape index (κ2) is 1.91. The molecule has 12 heavy (non-hydrogen) atoms. The van der Waals surface area contributed by atoms with Crippen LogP contribution in [0.25, 0.3) is 22.2 Å². The maximum atomic E-state index is 5.26. The van der Waals surface area contributed by atoms with Crippen molar-refractivity contribution < 1.29 is 4.42 Å². The lowest BCUT2D eigenvalue weighted by Crippen LogP contribution is -1.78. The average molecular weight is 157 g/mol. The molecule has 0 saturated carbocycles. The van der Waals surface area contributed by atoms with Gasteiger partial charge in [-0.25, -0.2) is 0 Å². The minimum Gasteiger partial charge on any atom is -0.463 e. The van der Waals surface area contributed by atoms with E-state index in [4.69, 9.17) is 4.42 Å². The largest absolute Gasteiger partial charge is 0.463 e. The van der Waals surface area contributed by atoms with Crippen LogP contribution in [0.5, 0.6) is 0 Å². The third-order valence-corrected chi connectivity index (χ3v) is 2.16. The quantitative estimate of drug-likeness (QED) is 0.534. The first-order valence-electron chi connectivity index (χ1n) is 3.88. The molecular weight excluding hydrogens is 150 g/mol. The number of rotatable bonds is 0. The third-order valence-electron chi connectivity index (χ3n) is 2.16. The van der Waals surface area contributed by atoms with Gasteiger partial charge in [-0.2, -0.15) is 0 Å². The number of hydrogen-bond donors (Lipinski definition) is 1. The number of aromatic nitrogens is 1. The van der Waals surface area contributed by atoms with Crippen LogP contribution in [0.2, 0.25) is 0 Å². The van der Waals surface area contributed by atoms with Gasteiger partial charge in [0, 0.05) is 22.8 Å². The Kier molecular flexibility index (Phi) is 0.939. The van der Waals surface area contributed by atoms with Gasteiger partial charge >= 0.3 is 0 Å². The van der Waals surface area contributed by atoms with Crippen LogP contribution in [0.4, 0.5) is 0 Å². The number of hydrogen-bond acceptors (Lipinski definition) is 1. The van der Waals surface area contributed by atoms with Gasteiger partial charge in [-0.15, -0.1) is 0 Å². The Morgan fingerprint density at radius 1 is 1.17 bits per heavy atom. The van der Waals surface area contributed by atoms with Crippen molar-refractivity contribution in [2.24, 2.45) is 0 Å². The summed E-state index contributed by atoms with van der Waals surface area (Å²) in [7, 11) is 0. The molecule has 0 amide bonds. The summed E-state index contributed by atoms with van der Waals surface area (Å²) >= 11 is 0. The molecule has 1 aliphatic carbocycles. The number of H-pyrrole nitrogens is 1. The Morgan fingerprint density at radius 2 is 2.17 bits per heavy atom. The lowest BCUT2D eigenvalue weighted by Gasteiger charge is -1.98. The predicted octanol–water partition coefficient (Wildman–Crippen LogP) is 2.87. The molecule has 0 unspecified atom stereocenters. The van der Waals surface area contributed by atoms with Crippen LogP contribution in [0.1, 0.15) is 0 Å². The second-order valence-electron chi connectivity index (χ2n) is 2.84. The van der Waals surface area contributed by atoms with Gasteiger partial charge in [0.1, 0.15) is 5.58 Å². The molecule has 1 aliphatic heterocycles. The SMILES string of the molecule is c1cc2[nH]cc3occc3c-2c1. The van der Waals surface area contributed by atoms with Gasteiger partial charge in [0.2, 0.25) is 0 Å². The van der Waals surface area contributed by atoms with Gasteiger partial charge in [0.25, 0.3) is 0 Å². The van der Waals surface area contributed by atoms with E-state index in [0.29, 0.717) is 0 Å². The number of aromatic amines is 1. The van der Waals surface area contributed by atoms with Crippen molar-refractivity contribution >= 4 is 11.0 Å². The molecule has 0 aromatic carbocycles. The van der Waals surface area contributed by atoms with Gasteiger partial charge in [0.05, 0.1) is 6.26 Å². The molecule has 1 N–H and O–H groups in total. The number of nitrogens with one attached hydrogen (secondary N) is 1. The maximum absolute atomic E-state index is 5.26. The van der Waals surface area contributed by atoms with Crippen molar-refractivity contribution in [1.82, 2.24) is 4.98 Å². The summed E-state index contributed by atoms with van der Waals surface area (Å²) in [6, 6.07) is 8.17. The molecule has 1 aromatic heterocycles. The van der Waals surface area contributed by atoms with Crippen LogP contribution >= 0.6 is 0 Å². The van der Waals surface area contributed by atoms with E-state index in [9.17, 15) is 0 Å². The van der Waals surface area contributed by atoms with Gasteiger partial charge in [-0.05, 0) is 12.1 Å². The summed E-state index contributed by atoms with van der Waals surface area (Å²) < 4.78 is 5.26. The first-order valence-corrected chi connectivity index (χ1v) is 3.88. The van der Waals surface area contributed by atoms with E-state index >= 15 is 0 Å². The van der Waals surface area contributed by atoms with E-state index in [1.54, 1.807) is 6.26 Å². The molecule has 2 heteroatoms. The zero-order chi connectivity index (χ0) is 7.97. The third kappa shape index (κ3) is 0.593. The van der Waals surface area contributed by atoms with E-state index in [-0.39, 0.29) is 0 Å². The lowest BCUT2D eigenvalue weighted by molar-refractivity contribution is 0.614. The molecule has 2 aliphatic rings. The van der Waals surface area contributed by atoms with Crippen molar-refractivity contribution in [2.45, 2.75) is 0 Å². The van der Waals surface area contributed by atoms with Crippen molar-refractivity contribution in [2.75, 3.05) is 0 Å². The second-order valence-corrected chi connectivity index (χ2v) is 2.84. The molecule has 58 valence electrons. The standard InChI is InChI=1S/C10H7NO/c1-2-7-8-4-5-12-10(8)6-11-9(7)3-1/h1-6,11H.